The van der Waals surface area contributed by atoms with Gasteiger partial charge in [-0.2, -0.15) is 0 Å². The largest absolute Gasteiger partial charge is 0.293 e. The summed E-state index contributed by atoms with van der Waals surface area (Å²) in [5.74, 6) is -0.0598. The summed E-state index contributed by atoms with van der Waals surface area (Å²) < 4.78 is 24.8. The van der Waals surface area contributed by atoms with Gasteiger partial charge in [-0.15, -0.1) is 0 Å². The van der Waals surface area contributed by atoms with E-state index in [1.54, 1.807) is 24.3 Å². The van der Waals surface area contributed by atoms with Crippen LogP contribution in [0.15, 0.2) is 29.4 Å². The van der Waals surface area contributed by atoms with Crippen LogP contribution in [0.4, 0.5) is 5.69 Å². The standard InChI is InChI=1S/C17H21N3O3S2/c1-10-11(2)18-17(19-12(10)3)24-13(4)16(21)14-6-8-15(9-7-14)20-25(5,22)23/h6-9,13,20H,1-5H3. The Hall–Kier alpha value is -1.93. The van der Waals surface area contributed by atoms with Crippen LogP contribution in [0, 0.1) is 20.8 Å². The number of hydrogen-bond acceptors (Lipinski definition) is 6. The molecular formula is C17H21N3O3S2. The lowest BCUT2D eigenvalue weighted by atomic mass is 10.1. The number of carbonyl (C=O) groups is 1. The molecule has 25 heavy (non-hydrogen) atoms. The molecule has 0 amide bonds. The van der Waals surface area contributed by atoms with E-state index in [2.05, 4.69) is 14.7 Å². The van der Waals surface area contributed by atoms with Crippen LogP contribution in [-0.2, 0) is 10.0 Å². The fourth-order valence-corrected chi connectivity index (χ4v) is 3.66. The molecule has 134 valence electrons. The highest BCUT2D eigenvalue weighted by Crippen LogP contribution is 2.25. The van der Waals surface area contributed by atoms with Crippen LogP contribution in [-0.4, -0.2) is 35.7 Å². The summed E-state index contributed by atoms with van der Waals surface area (Å²) in [5, 5.41) is 0.229. The van der Waals surface area contributed by atoms with Gasteiger partial charge in [-0.3, -0.25) is 9.52 Å². The number of sulfonamides is 1. The summed E-state index contributed by atoms with van der Waals surface area (Å²) in [5.41, 5.74) is 3.81. The zero-order chi connectivity index (χ0) is 18.8. The van der Waals surface area contributed by atoms with Crippen molar-refractivity contribution in [2.45, 2.75) is 38.1 Å². The van der Waals surface area contributed by atoms with Crippen molar-refractivity contribution in [2.75, 3.05) is 11.0 Å². The second-order valence-corrected chi connectivity index (χ2v) is 8.93. The van der Waals surface area contributed by atoms with Gasteiger partial charge >= 0.3 is 0 Å². The first-order chi connectivity index (χ1) is 11.6. The molecule has 1 atom stereocenters. The highest BCUT2D eigenvalue weighted by Gasteiger charge is 2.19. The second-order valence-electron chi connectivity index (χ2n) is 5.88. The molecule has 0 bridgehead atoms. The van der Waals surface area contributed by atoms with Gasteiger partial charge in [0.1, 0.15) is 0 Å². The average Bonchev–Trinajstić information content (AvgIpc) is 2.51. The molecule has 8 heteroatoms. The minimum absolute atomic E-state index is 0.0598. The maximum atomic E-state index is 12.6. The van der Waals surface area contributed by atoms with Crippen LogP contribution in [0.5, 0.6) is 0 Å². The number of ketones is 1. The summed E-state index contributed by atoms with van der Waals surface area (Å²) in [4.78, 5) is 21.4. The Kier molecular flexibility index (Phi) is 5.84. The molecule has 6 nitrogen and oxygen atoms in total. The number of rotatable bonds is 6. The maximum absolute atomic E-state index is 12.6. The highest BCUT2D eigenvalue weighted by atomic mass is 32.2. The SMILES string of the molecule is Cc1nc(SC(C)C(=O)c2ccc(NS(C)(=O)=O)cc2)nc(C)c1C. The Bertz CT molecular complexity index is 871. The van der Waals surface area contributed by atoms with E-state index in [-0.39, 0.29) is 11.0 Å². The normalized spacial score (nSPS) is 12.7. The van der Waals surface area contributed by atoms with Gasteiger partial charge in [0.2, 0.25) is 10.0 Å². The number of aryl methyl sites for hydroxylation is 2. The first-order valence-electron chi connectivity index (χ1n) is 7.67. The fraction of sp³-hybridized carbons (Fsp3) is 0.353. The fourth-order valence-electron chi connectivity index (χ4n) is 2.16. The van der Waals surface area contributed by atoms with E-state index >= 15 is 0 Å². The van der Waals surface area contributed by atoms with Crippen molar-refractivity contribution in [3.63, 3.8) is 0 Å². The summed E-state index contributed by atoms with van der Waals surface area (Å²) in [6, 6.07) is 6.36. The van der Waals surface area contributed by atoms with Gasteiger partial charge in [-0.25, -0.2) is 18.4 Å². The number of thioether (sulfide) groups is 1. The first kappa shape index (κ1) is 19.4. The lowest BCUT2D eigenvalue weighted by molar-refractivity contribution is 0.0994. The third-order valence-electron chi connectivity index (χ3n) is 3.74. The lowest BCUT2D eigenvalue weighted by Gasteiger charge is -2.12. The molecule has 0 saturated heterocycles. The van der Waals surface area contributed by atoms with Crippen LogP contribution in [0.2, 0.25) is 0 Å². The highest BCUT2D eigenvalue weighted by molar-refractivity contribution is 8.00. The van der Waals surface area contributed by atoms with Crippen molar-refractivity contribution in [1.29, 1.82) is 0 Å². The quantitative estimate of drug-likeness (QED) is 0.471. The van der Waals surface area contributed by atoms with E-state index in [1.807, 2.05) is 27.7 Å². The Balaban J connectivity index is 2.12. The molecule has 0 aliphatic carbocycles. The minimum Gasteiger partial charge on any atom is -0.293 e. The van der Waals surface area contributed by atoms with Crippen molar-refractivity contribution < 1.29 is 13.2 Å². The summed E-state index contributed by atoms with van der Waals surface area (Å²) in [7, 11) is -3.33. The number of anilines is 1. The van der Waals surface area contributed by atoms with Crippen LogP contribution >= 0.6 is 11.8 Å². The Labute approximate surface area is 152 Å². The van der Waals surface area contributed by atoms with Gasteiger partial charge < -0.3 is 0 Å². The maximum Gasteiger partial charge on any atom is 0.229 e. The zero-order valence-corrected chi connectivity index (χ0v) is 16.5. The molecule has 2 aromatic rings. The Morgan fingerprint density at radius 3 is 2.08 bits per heavy atom. The number of carbonyl (C=O) groups excluding carboxylic acids is 1. The van der Waals surface area contributed by atoms with Crippen molar-refractivity contribution in [1.82, 2.24) is 9.97 Å². The van der Waals surface area contributed by atoms with Gasteiger partial charge in [-0.1, -0.05) is 11.8 Å². The van der Waals surface area contributed by atoms with Crippen LogP contribution in [0.3, 0.4) is 0 Å². The molecule has 0 saturated carbocycles. The summed E-state index contributed by atoms with van der Waals surface area (Å²) in [6.07, 6.45) is 1.08. The lowest BCUT2D eigenvalue weighted by Crippen LogP contribution is -2.15. The molecule has 0 radical (unpaired) electrons. The van der Waals surface area contributed by atoms with E-state index in [1.165, 1.54) is 11.8 Å². The molecule has 1 N–H and O–H groups in total. The zero-order valence-electron chi connectivity index (χ0n) is 14.8. The first-order valence-corrected chi connectivity index (χ1v) is 10.4. The van der Waals surface area contributed by atoms with Crippen molar-refractivity contribution >= 4 is 33.3 Å². The second kappa shape index (κ2) is 7.53. The number of hydrogen-bond donors (Lipinski definition) is 1. The van der Waals surface area contributed by atoms with Crippen LogP contribution in [0.25, 0.3) is 0 Å². The van der Waals surface area contributed by atoms with E-state index in [9.17, 15) is 13.2 Å². The monoisotopic (exact) mass is 379 g/mol. The van der Waals surface area contributed by atoms with Crippen molar-refractivity contribution in [2.24, 2.45) is 0 Å². The number of benzene rings is 1. The van der Waals surface area contributed by atoms with Gasteiger partial charge in [0.05, 0.1) is 11.5 Å². The predicted octanol–water partition coefficient (Wildman–Crippen LogP) is 3.14. The molecule has 0 aliphatic rings. The van der Waals surface area contributed by atoms with E-state index in [0.717, 1.165) is 23.2 Å². The molecule has 0 spiro atoms. The number of aromatic nitrogens is 2. The van der Waals surface area contributed by atoms with E-state index < -0.39 is 10.0 Å². The summed E-state index contributed by atoms with van der Waals surface area (Å²) >= 11 is 1.31. The smallest absolute Gasteiger partial charge is 0.229 e. The Morgan fingerprint density at radius 2 is 1.60 bits per heavy atom. The van der Waals surface area contributed by atoms with Crippen LogP contribution in [0.1, 0.15) is 34.2 Å². The third-order valence-corrected chi connectivity index (χ3v) is 5.30. The molecular weight excluding hydrogens is 358 g/mol. The molecule has 0 aliphatic heterocycles. The summed E-state index contributed by atoms with van der Waals surface area (Å²) in [6.45, 7) is 7.63. The van der Waals surface area contributed by atoms with Gasteiger partial charge in [0.15, 0.2) is 10.9 Å². The third kappa shape index (κ3) is 5.27. The topological polar surface area (TPSA) is 89.0 Å². The van der Waals surface area contributed by atoms with Crippen molar-refractivity contribution in [3.8, 4) is 0 Å². The van der Waals surface area contributed by atoms with Gasteiger partial charge in [0.25, 0.3) is 0 Å². The average molecular weight is 380 g/mol. The molecule has 0 fully saturated rings. The van der Waals surface area contributed by atoms with Gasteiger partial charge in [0, 0.05) is 22.6 Å². The molecule has 1 aromatic carbocycles. The van der Waals surface area contributed by atoms with E-state index in [4.69, 9.17) is 0 Å². The minimum atomic E-state index is -3.33. The molecule has 1 heterocycles. The number of Topliss-reactive ketones (excluding diaryl/α,β-unsaturated/α-hetero) is 1. The predicted molar refractivity (Wildman–Crippen MR) is 101 cm³/mol. The number of nitrogens with one attached hydrogen (secondary N) is 1. The van der Waals surface area contributed by atoms with Crippen molar-refractivity contribution in [3.05, 3.63) is 46.8 Å². The molecule has 1 unspecified atom stereocenters. The molecule has 1 aromatic heterocycles. The van der Waals surface area contributed by atoms with E-state index in [0.29, 0.717) is 16.4 Å². The van der Waals surface area contributed by atoms with Crippen LogP contribution < -0.4 is 4.72 Å². The Morgan fingerprint density at radius 1 is 1.08 bits per heavy atom. The van der Waals surface area contributed by atoms with Gasteiger partial charge in [-0.05, 0) is 57.5 Å². The number of nitrogens with zero attached hydrogens (tertiary/aromatic N) is 2. The molecule has 2 rings (SSSR count).